The first kappa shape index (κ1) is 20.3. The molecule has 5 nitrogen and oxygen atoms in total. The largest absolute Gasteiger partial charge is 0.352 e. The summed E-state index contributed by atoms with van der Waals surface area (Å²) in [5.74, 6) is -0.124. The Kier molecular flexibility index (Phi) is 5.95. The standard InChI is InChI=1S/C23H21ClFN3O2/c24-17-7-1-14(2-8-17)13-26-22(29)16-5-11-19-20(12-6-16)27-21(28-23(19)30)15-3-9-18(25)10-4-15/h1-4,7-10,16H,5-6,11-13H2,(H,26,29)(H,27,28,30). The number of aromatic nitrogens is 2. The van der Waals surface area contributed by atoms with E-state index in [9.17, 15) is 14.0 Å². The Morgan fingerprint density at radius 2 is 1.80 bits per heavy atom. The number of H-pyrrole nitrogens is 1. The van der Waals surface area contributed by atoms with E-state index >= 15 is 0 Å². The van der Waals surface area contributed by atoms with E-state index in [0.717, 1.165) is 5.56 Å². The van der Waals surface area contributed by atoms with Crippen LogP contribution in [-0.4, -0.2) is 15.9 Å². The molecule has 4 rings (SSSR count). The number of halogens is 2. The summed E-state index contributed by atoms with van der Waals surface area (Å²) in [6.45, 7) is 0.437. The summed E-state index contributed by atoms with van der Waals surface area (Å²) < 4.78 is 13.2. The Bertz CT molecular complexity index is 1110. The van der Waals surface area contributed by atoms with E-state index in [2.05, 4.69) is 15.3 Å². The normalized spacial score (nSPS) is 15.9. The highest BCUT2D eigenvalue weighted by atomic mass is 35.5. The van der Waals surface area contributed by atoms with Crippen molar-refractivity contribution in [1.82, 2.24) is 15.3 Å². The molecule has 1 heterocycles. The van der Waals surface area contributed by atoms with Crippen molar-refractivity contribution in [2.45, 2.75) is 32.2 Å². The molecule has 0 spiro atoms. The average Bonchev–Trinajstić information content (AvgIpc) is 2.97. The van der Waals surface area contributed by atoms with Gasteiger partial charge in [-0.15, -0.1) is 0 Å². The van der Waals surface area contributed by atoms with Gasteiger partial charge in [-0.3, -0.25) is 9.59 Å². The zero-order valence-corrected chi connectivity index (χ0v) is 17.0. The number of benzene rings is 2. The van der Waals surface area contributed by atoms with E-state index in [1.54, 1.807) is 24.3 Å². The first-order valence-corrected chi connectivity index (χ1v) is 10.3. The lowest BCUT2D eigenvalue weighted by Gasteiger charge is -2.14. The van der Waals surface area contributed by atoms with Crippen LogP contribution in [0.25, 0.3) is 11.4 Å². The Morgan fingerprint density at radius 3 is 2.53 bits per heavy atom. The quantitative estimate of drug-likeness (QED) is 0.619. The molecule has 0 bridgehead atoms. The maximum absolute atomic E-state index is 13.2. The van der Waals surface area contributed by atoms with Crippen molar-refractivity contribution in [3.8, 4) is 11.4 Å². The zero-order chi connectivity index (χ0) is 21.1. The summed E-state index contributed by atoms with van der Waals surface area (Å²) in [6.07, 6.45) is 2.27. The maximum atomic E-state index is 13.2. The Labute approximate surface area is 178 Å². The van der Waals surface area contributed by atoms with E-state index in [1.165, 1.54) is 12.1 Å². The number of nitrogens with zero attached hydrogens (tertiary/aromatic N) is 1. The number of hydrogen-bond acceptors (Lipinski definition) is 3. The molecule has 3 aromatic rings. The molecule has 0 aliphatic heterocycles. The van der Waals surface area contributed by atoms with E-state index in [1.807, 2.05) is 12.1 Å². The lowest BCUT2D eigenvalue weighted by Crippen LogP contribution is -2.30. The highest BCUT2D eigenvalue weighted by Gasteiger charge is 2.25. The lowest BCUT2D eigenvalue weighted by atomic mass is 9.98. The SMILES string of the molecule is O=C(NCc1ccc(Cl)cc1)C1CCc2nc(-c3ccc(F)cc3)[nH]c(=O)c2CC1. The Hall–Kier alpha value is -2.99. The number of carbonyl (C=O) groups excluding carboxylic acids is 1. The van der Waals surface area contributed by atoms with Crippen LogP contribution in [-0.2, 0) is 24.2 Å². The third kappa shape index (κ3) is 4.60. The lowest BCUT2D eigenvalue weighted by molar-refractivity contribution is -0.125. The zero-order valence-electron chi connectivity index (χ0n) is 16.3. The topological polar surface area (TPSA) is 74.8 Å². The molecule has 154 valence electrons. The molecule has 2 aromatic carbocycles. The van der Waals surface area contributed by atoms with Gasteiger partial charge in [0.15, 0.2) is 0 Å². The smallest absolute Gasteiger partial charge is 0.254 e. The third-order valence-corrected chi connectivity index (χ3v) is 5.69. The molecular weight excluding hydrogens is 405 g/mol. The van der Waals surface area contributed by atoms with Gasteiger partial charge in [0, 0.05) is 28.6 Å². The Balaban J connectivity index is 1.45. The Morgan fingerprint density at radius 1 is 1.10 bits per heavy atom. The van der Waals surface area contributed by atoms with Crippen LogP contribution in [0.15, 0.2) is 53.3 Å². The third-order valence-electron chi connectivity index (χ3n) is 5.44. The van der Waals surface area contributed by atoms with Crippen LogP contribution < -0.4 is 10.9 Å². The van der Waals surface area contributed by atoms with Crippen LogP contribution in [0.4, 0.5) is 4.39 Å². The molecule has 1 aliphatic carbocycles. The van der Waals surface area contributed by atoms with Crippen molar-refractivity contribution < 1.29 is 9.18 Å². The van der Waals surface area contributed by atoms with Gasteiger partial charge in [-0.25, -0.2) is 9.37 Å². The fraction of sp³-hybridized carbons (Fsp3) is 0.261. The number of hydrogen-bond donors (Lipinski definition) is 2. The molecule has 1 unspecified atom stereocenters. The second-order valence-electron chi connectivity index (χ2n) is 7.47. The summed E-state index contributed by atoms with van der Waals surface area (Å²) in [5.41, 5.74) is 2.78. The van der Waals surface area contributed by atoms with Crippen LogP contribution >= 0.6 is 11.6 Å². The van der Waals surface area contributed by atoms with E-state index in [-0.39, 0.29) is 23.2 Å². The van der Waals surface area contributed by atoms with Crippen molar-refractivity contribution in [2.75, 3.05) is 0 Å². The predicted molar refractivity (Wildman–Crippen MR) is 114 cm³/mol. The molecule has 0 radical (unpaired) electrons. The summed E-state index contributed by atoms with van der Waals surface area (Å²) in [6, 6.07) is 13.2. The minimum atomic E-state index is -0.344. The molecule has 2 N–H and O–H groups in total. The first-order chi connectivity index (χ1) is 14.5. The number of rotatable bonds is 4. The number of fused-ring (bicyclic) bond motifs is 1. The van der Waals surface area contributed by atoms with Crippen LogP contribution in [0.1, 0.15) is 29.7 Å². The molecule has 0 saturated carbocycles. The molecule has 1 aliphatic rings. The maximum Gasteiger partial charge on any atom is 0.254 e. The minimum absolute atomic E-state index is 0.0204. The highest BCUT2D eigenvalue weighted by Crippen LogP contribution is 2.24. The number of nitrogens with one attached hydrogen (secondary N) is 2. The summed E-state index contributed by atoms with van der Waals surface area (Å²) >= 11 is 5.89. The van der Waals surface area contributed by atoms with E-state index in [4.69, 9.17) is 11.6 Å². The predicted octanol–water partition coefficient (Wildman–Crippen LogP) is 4.04. The van der Waals surface area contributed by atoms with E-state index in [0.29, 0.717) is 59.9 Å². The van der Waals surface area contributed by atoms with Gasteiger partial charge in [0.1, 0.15) is 11.6 Å². The molecular formula is C23H21ClFN3O2. The van der Waals surface area contributed by atoms with Gasteiger partial charge < -0.3 is 10.3 Å². The van der Waals surface area contributed by atoms with Crippen molar-refractivity contribution in [1.29, 1.82) is 0 Å². The molecule has 0 saturated heterocycles. The molecule has 1 amide bonds. The number of amides is 1. The summed E-state index contributed by atoms with van der Waals surface area (Å²) in [4.78, 5) is 32.7. The van der Waals surface area contributed by atoms with Crippen LogP contribution in [0.2, 0.25) is 5.02 Å². The fourth-order valence-electron chi connectivity index (χ4n) is 3.73. The number of carbonyl (C=O) groups is 1. The molecule has 1 aromatic heterocycles. The fourth-order valence-corrected chi connectivity index (χ4v) is 3.85. The molecule has 30 heavy (non-hydrogen) atoms. The highest BCUT2D eigenvalue weighted by molar-refractivity contribution is 6.30. The van der Waals surface area contributed by atoms with Gasteiger partial charge in [-0.2, -0.15) is 0 Å². The number of aromatic amines is 1. The molecule has 0 fully saturated rings. The van der Waals surface area contributed by atoms with Crippen molar-refractivity contribution in [3.05, 3.63) is 86.5 Å². The van der Waals surface area contributed by atoms with Gasteiger partial charge in [-0.05, 0) is 67.6 Å². The minimum Gasteiger partial charge on any atom is -0.352 e. The van der Waals surface area contributed by atoms with Crippen LogP contribution in [0.3, 0.4) is 0 Å². The van der Waals surface area contributed by atoms with Gasteiger partial charge in [0.2, 0.25) is 5.91 Å². The van der Waals surface area contributed by atoms with Gasteiger partial charge in [0.25, 0.3) is 5.56 Å². The van der Waals surface area contributed by atoms with Gasteiger partial charge in [0.05, 0.1) is 5.69 Å². The monoisotopic (exact) mass is 425 g/mol. The van der Waals surface area contributed by atoms with Crippen molar-refractivity contribution >= 4 is 17.5 Å². The second-order valence-corrected chi connectivity index (χ2v) is 7.90. The van der Waals surface area contributed by atoms with E-state index < -0.39 is 0 Å². The van der Waals surface area contributed by atoms with Gasteiger partial charge in [-0.1, -0.05) is 23.7 Å². The summed E-state index contributed by atoms with van der Waals surface area (Å²) in [5, 5.41) is 3.63. The van der Waals surface area contributed by atoms with Gasteiger partial charge >= 0.3 is 0 Å². The van der Waals surface area contributed by atoms with Crippen molar-refractivity contribution in [2.24, 2.45) is 5.92 Å². The van der Waals surface area contributed by atoms with Crippen LogP contribution in [0.5, 0.6) is 0 Å². The average molecular weight is 426 g/mol. The summed E-state index contributed by atoms with van der Waals surface area (Å²) in [7, 11) is 0. The number of aryl methyl sites for hydroxylation is 1. The molecule has 1 atom stereocenters. The van der Waals surface area contributed by atoms with Crippen molar-refractivity contribution in [3.63, 3.8) is 0 Å². The van der Waals surface area contributed by atoms with Crippen LogP contribution in [0, 0.1) is 11.7 Å². The molecule has 7 heteroatoms. The first-order valence-electron chi connectivity index (χ1n) is 9.90. The second kappa shape index (κ2) is 8.79.